The van der Waals surface area contributed by atoms with E-state index in [0.717, 1.165) is 55.9 Å². The predicted molar refractivity (Wildman–Crippen MR) is 150 cm³/mol. The van der Waals surface area contributed by atoms with E-state index in [1.807, 2.05) is 19.1 Å². The van der Waals surface area contributed by atoms with Gasteiger partial charge in [0.15, 0.2) is 0 Å². The van der Waals surface area contributed by atoms with Crippen molar-refractivity contribution in [1.29, 1.82) is 0 Å². The summed E-state index contributed by atoms with van der Waals surface area (Å²) in [6.07, 6.45) is 7.67. The summed E-state index contributed by atoms with van der Waals surface area (Å²) >= 11 is 2.49. The Labute approximate surface area is 225 Å². The van der Waals surface area contributed by atoms with Crippen LogP contribution in [0.25, 0.3) is 22.2 Å². The molecule has 2 aliphatic carbocycles. The number of carbonyl (C=O) groups is 1. The second-order valence-electron chi connectivity index (χ2n) is 10.4. The number of fused-ring (bicyclic) bond motifs is 1. The molecule has 6 rings (SSSR count). The van der Waals surface area contributed by atoms with E-state index in [9.17, 15) is 4.79 Å². The van der Waals surface area contributed by atoms with Gasteiger partial charge in [-0.2, -0.15) is 0 Å². The maximum atomic E-state index is 12.3. The smallest absolute Gasteiger partial charge is 0.411 e. The predicted octanol–water partition coefficient (Wildman–Crippen LogP) is 7.54. The number of hydrogen-bond acceptors (Lipinski definition) is 4. The minimum atomic E-state index is -0.377. The van der Waals surface area contributed by atoms with Crippen LogP contribution in [0.3, 0.4) is 0 Å². The second kappa shape index (κ2) is 10.2. The van der Waals surface area contributed by atoms with Gasteiger partial charge in [-0.1, -0.05) is 12.1 Å². The lowest BCUT2D eigenvalue weighted by molar-refractivity contribution is 0.0256. The molecule has 6 nitrogen and oxygen atoms in total. The number of amides is 1. The van der Waals surface area contributed by atoms with Crippen LogP contribution >= 0.6 is 22.6 Å². The molecule has 7 heteroatoms. The molecule has 1 atom stereocenters. The van der Waals surface area contributed by atoms with Gasteiger partial charge in [-0.25, -0.2) is 4.79 Å². The Hall–Kier alpha value is -2.26. The first-order chi connectivity index (χ1) is 17.6. The molecule has 0 spiro atoms. The van der Waals surface area contributed by atoms with Gasteiger partial charge >= 0.3 is 6.09 Å². The average Bonchev–Trinajstić information content (AvgIpc) is 3.66. The standard InChI is InChI=1S/C29H33IN2O4/c1-18(19-5-6-19)35-29(33)31-21-9-7-20(8-10-21)28-27(30)25-12-11-24(36-23-13-15-34-16-14-23)17-26(25)32(28)22-3-2-4-22/h7-12,17-19,22-23H,2-6,13-16H2,1H3,(H,31,33). The van der Waals surface area contributed by atoms with Crippen molar-refractivity contribution in [1.82, 2.24) is 4.57 Å². The van der Waals surface area contributed by atoms with Crippen LogP contribution in [0.15, 0.2) is 42.5 Å². The van der Waals surface area contributed by atoms with Crippen LogP contribution in [0.2, 0.25) is 0 Å². The molecule has 2 saturated carbocycles. The minimum absolute atomic E-state index is 0.0237. The number of rotatable bonds is 7. The number of ether oxygens (including phenoxy) is 3. The van der Waals surface area contributed by atoms with Crippen molar-refractivity contribution in [2.45, 2.75) is 70.1 Å². The maximum Gasteiger partial charge on any atom is 0.411 e. The lowest BCUT2D eigenvalue weighted by Gasteiger charge is -2.30. The highest BCUT2D eigenvalue weighted by atomic mass is 127. The molecule has 1 aliphatic heterocycles. The van der Waals surface area contributed by atoms with E-state index in [1.54, 1.807) is 0 Å². The number of hydrogen-bond donors (Lipinski definition) is 1. The normalized spacial score (nSPS) is 19.6. The third-order valence-electron chi connectivity index (χ3n) is 7.81. The summed E-state index contributed by atoms with van der Waals surface area (Å²) in [6.45, 7) is 3.52. The summed E-state index contributed by atoms with van der Waals surface area (Å²) in [5.41, 5.74) is 4.39. The number of halogens is 1. The van der Waals surface area contributed by atoms with Crippen molar-refractivity contribution in [3.05, 3.63) is 46.0 Å². The van der Waals surface area contributed by atoms with Crippen LogP contribution in [0, 0.1) is 9.49 Å². The molecule has 0 radical (unpaired) electrons. The number of benzene rings is 2. The van der Waals surface area contributed by atoms with E-state index < -0.39 is 0 Å². The van der Waals surface area contributed by atoms with Gasteiger partial charge in [0.2, 0.25) is 0 Å². The van der Waals surface area contributed by atoms with Gasteiger partial charge in [-0.05, 0) is 97.4 Å². The second-order valence-corrected chi connectivity index (χ2v) is 11.5. The Bertz CT molecular complexity index is 1240. The first kappa shape index (κ1) is 24.1. The minimum Gasteiger partial charge on any atom is -0.490 e. The Balaban J connectivity index is 1.27. The lowest BCUT2D eigenvalue weighted by Crippen LogP contribution is -2.25. The lowest BCUT2D eigenvalue weighted by atomic mass is 9.92. The van der Waals surface area contributed by atoms with E-state index in [0.29, 0.717) is 12.0 Å². The molecular weight excluding hydrogens is 567 g/mol. The molecule has 1 unspecified atom stereocenters. The fourth-order valence-corrected chi connectivity index (χ4v) is 6.32. The molecule has 1 amide bonds. The molecule has 1 N–H and O–H groups in total. The van der Waals surface area contributed by atoms with Gasteiger partial charge in [0, 0.05) is 39.6 Å². The molecule has 0 bridgehead atoms. The van der Waals surface area contributed by atoms with E-state index in [2.05, 4.69) is 62.8 Å². The highest BCUT2D eigenvalue weighted by Crippen LogP contribution is 2.44. The van der Waals surface area contributed by atoms with E-state index in [4.69, 9.17) is 14.2 Å². The molecule has 190 valence electrons. The fourth-order valence-electron chi connectivity index (χ4n) is 5.29. The third-order valence-corrected chi connectivity index (χ3v) is 8.90. The monoisotopic (exact) mass is 600 g/mol. The maximum absolute atomic E-state index is 12.3. The Morgan fingerprint density at radius 2 is 1.81 bits per heavy atom. The average molecular weight is 600 g/mol. The number of aromatic nitrogens is 1. The highest BCUT2D eigenvalue weighted by molar-refractivity contribution is 14.1. The van der Waals surface area contributed by atoms with Crippen LogP contribution in [0.4, 0.5) is 10.5 Å². The Kier molecular flexibility index (Phi) is 6.86. The van der Waals surface area contributed by atoms with Crippen molar-refractivity contribution in [3.8, 4) is 17.0 Å². The van der Waals surface area contributed by atoms with E-state index in [1.165, 1.54) is 39.4 Å². The summed E-state index contributed by atoms with van der Waals surface area (Å²) in [4.78, 5) is 12.3. The summed E-state index contributed by atoms with van der Waals surface area (Å²) in [7, 11) is 0. The van der Waals surface area contributed by atoms with E-state index >= 15 is 0 Å². The van der Waals surface area contributed by atoms with Gasteiger partial charge in [0.25, 0.3) is 0 Å². The zero-order chi connectivity index (χ0) is 24.6. The Morgan fingerprint density at radius 1 is 1.06 bits per heavy atom. The molecule has 2 aromatic carbocycles. The van der Waals surface area contributed by atoms with Crippen LogP contribution in [-0.2, 0) is 9.47 Å². The number of anilines is 1. The highest BCUT2D eigenvalue weighted by Gasteiger charge is 2.31. The molecule has 3 aromatic rings. The first-order valence-electron chi connectivity index (χ1n) is 13.2. The van der Waals surface area contributed by atoms with Crippen molar-refractivity contribution in [2.75, 3.05) is 18.5 Å². The molecule has 36 heavy (non-hydrogen) atoms. The third kappa shape index (κ3) is 4.96. The molecule has 3 fully saturated rings. The largest absolute Gasteiger partial charge is 0.490 e. The summed E-state index contributed by atoms with van der Waals surface area (Å²) in [6, 6.07) is 15.2. The summed E-state index contributed by atoms with van der Waals surface area (Å²) < 4.78 is 21.1. The molecule has 2 heterocycles. The van der Waals surface area contributed by atoms with Crippen LogP contribution < -0.4 is 10.1 Å². The fraction of sp³-hybridized carbons (Fsp3) is 0.483. The zero-order valence-electron chi connectivity index (χ0n) is 20.7. The molecule has 1 saturated heterocycles. The molecule has 1 aromatic heterocycles. The van der Waals surface area contributed by atoms with Crippen molar-refractivity contribution in [3.63, 3.8) is 0 Å². The SMILES string of the molecule is CC(OC(=O)Nc1ccc(-c2c(I)c3ccc(OC4CCOCC4)cc3n2C2CCC2)cc1)C1CC1. The first-order valence-corrected chi connectivity index (χ1v) is 14.3. The summed E-state index contributed by atoms with van der Waals surface area (Å²) in [5, 5.41) is 4.15. The summed E-state index contributed by atoms with van der Waals surface area (Å²) in [5.74, 6) is 1.46. The van der Waals surface area contributed by atoms with Gasteiger partial charge in [-0.15, -0.1) is 0 Å². The van der Waals surface area contributed by atoms with Crippen molar-refractivity contribution < 1.29 is 19.0 Å². The van der Waals surface area contributed by atoms with Gasteiger partial charge in [0.1, 0.15) is 18.0 Å². The van der Waals surface area contributed by atoms with Crippen molar-refractivity contribution in [2.24, 2.45) is 5.92 Å². The topological polar surface area (TPSA) is 61.7 Å². The molecular formula is C29H33IN2O4. The van der Waals surface area contributed by atoms with Gasteiger partial charge in [0.05, 0.1) is 24.4 Å². The van der Waals surface area contributed by atoms with Crippen LogP contribution in [0.5, 0.6) is 5.75 Å². The van der Waals surface area contributed by atoms with Crippen LogP contribution in [0.1, 0.15) is 57.9 Å². The number of nitrogens with one attached hydrogen (secondary N) is 1. The zero-order valence-corrected chi connectivity index (χ0v) is 22.8. The van der Waals surface area contributed by atoms with Crippen molar-refractivity contribution >= 4 is 45.3 Å². The number of carbonyl (C=O) groups excluding carboxylic acids is 1. The Morgan fingerprint density at radius 3 is 2.47 bits per heavy atom. The van der Waals surface area contributed by atoms with Crippen LogP contribution in [-0.4, -0.2) is 36.1 Å². The van der Waals surface area contributed by atoms with E-state index in [-0.39, 0.29) is 18.3 Å². The number of nitrogens with zero attached hydrogens (tertiary/aromatic N) is 1. The molecule has 3 aliphatic rings. The van der Waals surface area contributed by atoms with Gasteiger partial charge < -0.3 is 18.8 Å². The van der Waals surface area contributed by atoms with Gasteiger partial charge in [-0.3, -0.25) is 5.32 Å². The quantitative estimate of drug-likeness (QED) is 0.285.